The molecule has 0 aliphatic rings. The summed E-state index contributed by atoms with van der Waals surface area (Å²) in [7, 11) is 0. The molecule has 0 spiro atoms. The summed E-state index contributed by atoms with van der Waals surface area (Å²) < 4.78 is 6.41. The largest absolute Gasteiger partial charge is 0.337 e. The van der Waals surface area contributed by atoms with Crippen molar-refractivity contribution in [3.63, 3.8) is 0 Å². The van der Waals surface area contributed by atoms with Crippen LogP contribution in [0.25, 0.3) is 0 Å². The maximum absolute atomic E-state index is 11.6. The number of hydrogen-bond acceptors (Lipinski definition) is 5. The normalized spacial score (nSPS) is 11.1. The molecule has 0 saturated carbocycles. The standard InChI is InChI=1S/C10H11ClN4O2/c1-6(2)9-13-7(17-14-9)5-15-4-3-12-8(11)10(15)16/h3-4,6H,5H2,1-2H3. The third-order valence-corrected chi connectivity index (χ3v) is 2.44. The molecule has 0 bridgehead atoms. The summed E-state index contributed by atoms with van der Waals surface area (Å²) in [6, 6.07) is 0. The van der Waals surface area contributed by atoms with Gasteiger partial charge < -0.3 is 9.09 Å². The van der Waals surface area contributed by atoms with Crippen LogP contribution >= 0.6 is 11.6 Å². The monoisotopic (exact) mass is 254 g/mol. The van der Waals surface area contributed by atoms with Gasteiger partial charge in [-0.05, 0) is 0 Å². The van der Waals surface area contributed by atoms with Gasteiger partial charge in [0.25, 0.3) is 5.56 Å². The van der Waals surface area contributed by atoms with Gasteiger partial charge in [-0.2, -0.15) is 4.98 Å². The fourth-order valence-corrected chi connectivity index (χ4v) is 1.42. The summed E-state index contributed by atoms with van der Waals surface area (Å²) in [5, 5.41) is 3.74. The highest BCUT2D eigenvalue weighted by atomic mass is 35.5. The van der Waals surface area contributed by atoms with Gasteiger partial charge in [-0.15, -0.1) is 0 Å². The van der Waals surface area contributed by atoms with Gasteiger partial charge in [0, 0.05) is 18.3 Å². The van der Waals surface area contributed by atoms with Crippen LogP contribution < -0.4 is 5.56 Å². The zero-order chi connectivity index (χ0) is 12.4. The molecule has 0 aliphatic carbocycles. The quantitative estimate of drug-likeness (QED) is 0.829. The van der Waals surface area contributed by atoms with E-state index < -0.39 is 0 Å². The van der Waals surface area contributed by atoms with Crippen LogP contribution in [-0.2, 0) is 6.54 Å². The molecule has 0 radical (unpaired) electrons. The first kappa shape index (κ1) is 11.8. The molecule has 0 aromatic carbocycles. The summed E-state index contributed by atoms with van der Waals surface area (Å²) in [5.41, 5.74) is -0.376. The van der Waals surface area contributed by atoms with Crippen molar-refractivity contribution in [1.29, 1.82) is 0 Å². The summed E-state index contributed by atoms with van der Waals surface area (Å²) in [4.78, 5) is 19.4. The van der Waals surface area contributed by atoms with Crippen LogP contribution in [0.4, 0.5) is 0 Å². The predicted molar refractivity (Wildman–Crippen MR) is 61.0 cm³/mol. The summed E-state index contributed by atoms with van der Waals surface area (Å²) >= 11 is 5.62. The van der Waals surface area contributed by atoms with Crippen molar-refractivity contribution >= 4 is 11.6 Å². The molecule has 2 heterocycles. The predicted octanol–water partition coefficient (Wildman–Crippen LogP) is 1.45. The van der Waals surface area contributed by atoms with E-state index in [1.54, 1.807) is 0 Å². The van der Waals surface area contributed by atoms with E-state index in [9.17, 15) is 4.79 Å². The fourth-order valence-electron chi connectivity index (χ4n) is 1.26. The van der Waals surface area contributed by atoms with E-state index in [1.807, 2.05) is 13.8 Å². The average molecular weight is 255 g/mol. The topological polar surface area (TPSA) is 73.8 Å². The zero-order valence-corrected chi connectivity index (χ0v) is 10.2. The molecule has 0 fully saturated rings. The van der Waals surface area contributed by atoms with Crippen LogP contribution in [0.15, 0.2) is 21.7 Å². The van der Waals surface area contributed by atoms with E-state index in [1.165, 1.54) is 17.0 Å². The summed E-state index contributed by atoms with van der Waals surface area (Å²) in [5.74, 6) is 1.18. The van der Waals surface area contributed by atoms with Crippen molar-refractivity contribution in [2.45, 2.75) is 26.3 Å². The summed E-state index contributed by atoms with van der Waals surface area (Å²) in [6.07, 6.45) is 2.97. The van der Waals surface area contributed by atoms with Crippen molar-refractivity contribution in [3.8, 4) is 0 Å². The highest BCUT2D eigenvalue weighted by molar-refractivity contribution is 6.29. The molecule has 0 unspecified atom stereocenters. The lowest BCUT2D eigenvalue weighted by molar-refractivity contribution is 0.363. The first-order valence-electron chi connectivity index (χ1n) is 5.11. The third-order valence-electron chi connectivity index (χ3n) is 2.18. The van der Waals surface area contributed by atoms with Gasteiger partial charge in [0.15, 0.2) is 11.0 Å². The Kier molecular flexibility index (Phi) is 3.23. The van der Waals surface area contributed by atoms with E-state index in [-0.39, 0.29) is 23.2 Å². The number of hydrogen-bond donors (Lipinski definition) is 0. The minimum absolute atomic E-state index is 0.0731. The Hall–Kier alpha value is -1.69. The van der Waals surface area contributed by atoms with Gasteiger partial charge in [-0.25, -0.2) is 4.98 Å². The molecule has 0 saturated heterocycles. The third kappa shape index (κ3) is 2.52. The first-order chi connectivity index (χ1) is 8.08. The molecular formula is C10H11ClN4O2. The molecule has 0 aliphatic heterocycles. The Balaban J connectivity index is 2.26. The molecule has 0 N–H and O–H groups in total. The van der Waals surface area contributed by atoms with Crippen LogP contribution in [0.1, 0.15) is 31.5 Å². The van der Waals surface area contributed by atoms with Crippen LogP contribution in [0.5, 0.6) is 0 Å². The minimum Gasteiger partial charge on any atom is -0.337 e. The summed E-state index contributed by atoms with van der Waals surface area (Å²) in [6.45, 7) is 4.12. The van der Waals surface area contributed by atoms with E-state index in [0.29, 0.717) is 11.7 Å². The maximum atomic E-state index is 11.6. The maximum Gasteiger partial charge on any atom is 0.288 e. The van der Waals surface area contributed by atoms with Gasteiger partial charge in [0.2, 0.25) is 5.89 Å². The van der Waals surface area contributed by atoms with Crippen molar-refractivity contribution in [3.05, 3.63) is 39.6 Å². The number of nitrogens with zero attached hydrogens (tertiary/aromatic N) is 4. The van der Waals surface area contributed by atoms with Crippen molar-refractivity contribution in [2.75, 3.05) is 0 Å². The Morgan fingerprint density at radius 1 is 1.53 bits per heavy atom. The second kappa shape index (κ2) is 4.67. The van der Waals surface area contributed by atoms with Crippen molar-refractivity contribution < 1.29 is 4.52 Å². The molecule has 7 heteroatoms. The van der Waals surface area contributed by atoms with Crippen LogP contribution in [0.2, 0.25) is 5.15 Å². The van der Waals surface area contributed by atoms with Crippen molar-refractivity contribution in [2.24, 2.45) is 0 Å². The van der Waals surface area contributed by atoms with E-state index in [2.05, 4.69) is 15.1 Å². The van der Waals surface area contributed by atoms with Gasteiger partial charge >= 0.3 is 0 Å². The highest BCUT2D eigenvalue weighted by Crippen LogP contribution is 2.10. The van der Waals surface area contributed by atoms with Crippen LogP contribution in [0, 0.1) is 0 Å². The number of rotatable bonds is 3. The van der Waals surface area contributed by atoms with Gasteiger partial charge in [0.1, 0.15) is 6.54 Å². The lowest BCUT2D eigenvalue weighted by atomic mass is 10.2. The van der Waals surface area contributed by atoms with Crippen LogP contribution in [-0.4, -0.2) is 19.7 Å². The molecule has 2 rings (SSSR count). The zero-order valence-electron chi connectivity index (χ0n) is 9.42. The van der Waals surface area contributed by atoms with E-state index in [0.717, 1.165) is 0 Å². The molecule has 90 valence electrons. The molecule has 0 atom stereocenters. The molecule has 6 nitrogen and oxygen atoms in total. The smallest absolute Gasteiger partial charge is 0.288 e. The average Bonchev–Trinajstić information content (AvgIpc) is 2.73. The molecule has 0 amide bonds. The number of halogens is 1. The molecule has 17 heavy (non-hydrogen) atoms. The van der Waals surface area contributed by atoms with E-state index >= 15 is 0 Å². The second-order valence-corrected chi connectivity index (χ2v) is 4.21. The Morgan fingerprint density at radius 2 is 2.29 bits per heavy atom. The molecular weight excluding hydrogens is 244 g/mol. The number of aromatic nitrogens is 4. The van der Waals surface area contributed by atoms with Crippen molar-refractivity contribution in [1.82, 2.24) is 19.7 Å². The van der Waals surface area contributed by atoms with Gasteiger partial charge in [-0.3, -0.25) is 4.79 Å². The first-order valence-corrected chi connectivity index (χ1v) is 5.49. The molecule has 2 aromatic rings. The van der Waals surface area contributed by atoms with Crippen LogP contribution in [0.3, 0.4) is 0 Å². The fraction of sp³-hybridized carbons (Fsp3) is 0.400. The Bertz CT molecular complexity index is 576. The lowest BCUT2D eigenvalue weighted by Gasteiger charge is -2.00. The Labute approximate surface area is 102 Å². The van der Waals surface area contributed by atoms with E-state index in [4.69, 9.17) is 16.1 Å². The SMILES string of the molecule is CC(C)c1noc(Cn2ccnc(Cl)c2=O)n1. The van der Waals surface area contributed by atoms with Gasteiger partial charge in [0.05, 0.1) is 0 Å². The van der Waals surface area contributed by atoms with Gasteiger partial charge in [-0.1, -0.05) is 30.6 Å². The highest BCUT2D eigenvalue weighted by Gasteiger charge is 2.11. The minimum atomic E-state index is -0.376. The lowest BCUT2D eigenvalue weighted by Crippen LogP contribution is -2.21. The second-order valence-electron chi connectivity index (χ2n) is 3.85. The Morgan fingerprint density at radius 3 is 2.94 bits per heavy atom. The molecule has 2 aromatic heterocycles.